The molecule has 0 radical (unpaired) electrons. The molecular weight excluding hydrogens is 401 g/mol. The third-order valence-corrected chi connectivity index (χ3v) is 5.14. The summed E-state index contributed by atoms with van der Waals surface area (Å²) in [5, 5.41) is 2.55. The Morgan fingerprint density at radius 3 is 2.68 bits per heavy atom. The van der Waals surface area contributed by atoms with Gasteiger partial charge in [0.05, 0.1) is 5.41 Å². The molecule has 0 bridgehead atoms. The van der Waals surface area contributed by atoms with Crippen LogP contribution in [0.15, 0.2) is 47.1 Å². The number of anilines is 1. The number of carbonyl (C=O) groups excluding carboxylic acids is 1. The van der Waals surface area contributed by atoms with Crippen molar-refractivity contribution < 1.29 is 22.7 Å². The first-order valence-corrected chi connectivity index (χ1v) is 8.33. The van der Waals surface area contributed by atoms with Gasteiger partial charge in [-0.25, -0.2) is 0 Å². The van der Waals surface area contributed by atoms with Gasteiger partial charge in [0.25, 0.3) is 0 Å². The van der Waals surface area contributed by atoms with Crippen molar-refractivity contribution in [3.63, 3.8) is 0 Å². The van der Waals surface area contributed by atoms with Gasteiger partial charge >= 0.3 is 6.18 Å². The summed E-state index contributed by atoms with van der Waals surface area (Å²) in [5.74, 6) is 0.339. The van der Waals surface area contributed by atoms with E-state index >= 15 is 0 Å². The highest BCUT2D eigenvalue weighted by Gasteiger charge is 2.90. The second-order valence-electron chi connectivity index (χ2n) is 6.37. The number of hydrogen-bond donors (Lipinski definition) is 1. The Morgan fingerprint density at radius 2 is 2.00 bits per heavy atom. The fraction of sp³-hybridized carbons (Fsp3) is 0.294. The predicted octanol–water partition coefficient (Wildman–Crippen LogP) is 4.41. The lowest BCUT2D eigenvalue weighted by molar-refractivity contribution is -0.141. The molecule has 1 heterocycles. The molecule has 4 nitrogen and oxygen atoms in total. The third-order valence-electron chi connectivity index (χ3n) is 4.65. The zero-order valence-corrected chi connectivity index (χ0v) is 14.3. The van der Waals surface area contributed by atoms with Gasteiger partial charge in [-0.1, -0.05) is 22.0 Å². The summed E-state index contributed by atoms with van der Waals surface area (Å²) < 4.78 is 44.9. The standard InChI is InChI=1S/C17H12BrF3N2O2/c18-10-2-1-3-12(6-10)25-16-8-15(16,9-16)14(24)23-11-4-5-22-13(7-11)17(19,20)21/h1-7H,8-9H2,(H,22,23,24). The molecule has 1 aromatic heterocycles. The van der Waals surface area contributed by atoms with Crippen LogP contribution < -0.4 is 10.1 Å². The highest BCUT2D eigenvalue weighted by Crippen LogP contribution is 2.80. The van der Waals surface area contributed by atoms with Gasteiger partial charge in [0.2, 0.25) is 5.91 Å². The van der Waals surface area contributed by atoms with Gasteiger partial charge in [0.1, 0.15) is 17.0 Å². The normalized spacial score (nSPS) is 26.6. The number of fused-ring (bicyclic) bond motifs is 1. The molecule has 0 atom stereocenters. The van der Waals surface area contributed by atoms with Crippen LogP contribution in [0, 0.1) is 5.41 Å². The average molecular weight is 413 g/mol. The summed E-state index contributed by atoms with van der Waals surface area (Å²) in [6, 6.07) is 9.48. The predicted molar refractivity (Wildman–Crippen MR) is 87.0 cm³/mol. The fourth-order valence-corrected chi connectivity index (χ4v) is 3.42. The summed E-state index contributed by atoms with van der Waals surface area (Å²) in [7, 11) is 0. The molecule has 8 heteroatoms. The molecule has 0 spiro atoms. The topological polar surface area (TPSA) is 51.2 Å². The summed E-state index contributed by atoms with van der Waals surface area (Å²) in [5.41, 5.74) is -2.13. The number of benzene rings is 1. The first-order valence-electron chi connectivity index (χ1n) is 7.54. The number of hydrogen-bond acceptors (Lipinski definition) is 3. The van der Waals surface area contributed by atoms with Crippen LogP contribution in [-0.4, -0.2) is 16.5 Å². The van der Waals surface area contributed by atoms with Crippen molar-refractivity contribution in [2.45, 2.75) is 24.6 Å². The van der Waals surface area contributed by atoms with Crippen LogP contribution >= 0.6 is 15.9 Å². The highest BCUT2D eigenvalue weighted by atomic mass is 79.9. The maximum atomic E-state index is 12.7. The first kappa shape index (κ1) is 16.4. The maximum Gasteiger partial charge on any atom is 0.433 e. The smallest absolute Gasteiger partial charge is 0.433 e. The van der Waals surface area contributed by atoms with Crippen LogP contribution in [-0.2, 0) is 11.0 Å². The van der Waals surface area contributed by atoms with Crippen molar-refractivity contribution in [1.29, 1.82) is 0 Å². The largest absolute Gasteiger partial charge is 0.486 e. The van der Waals surface area contributed by atoms with E-state index in [1.165, 1.54) is 6.07 Å². The molecule has 0 aliphatic heterocycles. The number of halogens is 4. The number of pyridine rings is 1. The van der Waals surface area contributed by atoms with E-state index in [1.807, 2.05) is 18.2 Å². The minimum Gasteiger partial charge on any atom is -0.486 e. The van der Waals surface area contributed by atoms with Gasteiger partial charge in [0.15, 0.2) is 0 Å². The molecule has 2 aliphatic rings. The van der Waals surface area contributed by atoms with E-state index in [4.69, 9.17) is 4.74 Å². The molecule has 130 valence electrons. The number of nitrogens with zero attached hydrogens (tertiary/aromatic N) is 1. The highest BCUT2D eigenvalue weighted by molar-refractivity contribution is 9.10. The molecule has 4 rings (SSSR count). The van der Waals surface area contributed by atoms with Gasteiger partial charge < -0.3 is 10.1 Å². The van der Waals surface area contributed by atoms with E-state index in [-0.39, 0.29) is 11.6 Å². The zero-order valence-electron chi connectivity index (χ0n) is 12.7. The number of nitrogens with one attached hydrogen (secondary N) is 1. The van der Waals surface area contributed by atoms with Crippen LogP contribution in [0.2, 0.25) is 0 Å². The molecule has 1 amide bonds. The van der Waals surface area contributed by atoms with Crippen LogP contribution in [0.3, 0.4) is 0 Å². The van der Waals surface area contributed by atoms with Gasteiger partial charge in [-0.05, 0) is 30.3 Å². The lowest BCUT2D eigenvalue weighted by atomic mass is 10.2. The van der Waals surface area contributed by atoms with Crippen LogP contribution in [0.25, 0.3) is 0 Å². The average Bonchev–Trinajstić information content (AvgIpc) is 3.33. The van der Waals surface area contributed by atoms with Crippen molar-refractivity contribution in [3.8, 4) is 5.75 Å². The molecule has 1 aromatic carbocycles. The Labute approximate surface area is 149 Å². The Balaban J connectivity index is 1.44. The van der Waals surface area contributed by atoms with Crippen LogP contribution in [0.4, 0.5) is 18.9 Å². The Bertz CT molecular complexity index is 863. The molecular formula is C17H12BrF3N2O2. The van der Waals surface area contributed by atoms with Crippen molar-refractivity contribution in [3.05, 3.63) is 52.8 Å². The second kappa shape index (κ2) is 5.20. The summed E-state index contributed by atoms with van der Waals surface area (Å²) in [4.78, 5) is 15.7. The molecule has 2 fully saturated rings. The summed E-state index contributed by atoms with van der Waals surface area (Å²) in [6.45, 7) is 0. The molecule has 0 unspecified atom stereocenters. The third kappa shape index (κ3) is 2.78. The summed E-state index contributed by atoms with van der Waals surface area (Å²) >= 11 is 3.36. The fourth-order valence-electron chi connectivity index (χ4n) is 3.04. The van der Waals surface area contributed by atoms with Crippen LogP contribution in [0.5, 0.6) is 5.75 Å². The number of ether oxygens (including phenoxy) is 1. The molecule has 2 aliphatic carbocycles. The Morgan fingerprint density at radius 1 is 1.24 bits per heavy atom. The van der Waals surface area contributed by atoms with E-state index in [0.717, 1.165) is 16.7 Å². The molecule has 0 saturated heterocycles. The van der Waals surface area contributed by atoms with Gasteiger partial charge in [-0.3, -0.25) is 9.78 Å². The van der Waals surface area contributed by atoms with Gasteiger partial charge in [-0.15, -0.1) is 0 Å². The zero-order chi connectivity index (χ0) is 17.9. The summed E-state index contributed by atoms with van der Waals surface area (Å²) in [6.07, 6.45) is -2.39. The van der Waals surface area contributed by atoms with Crippen molar-refractivity contribution in [2.75, 3.05) is 5.32 Å². The van der Waals surface area contributed by atoms with Crippen molar-refractivity contribution in [2.24, 2.45) is 5.41 Å². The minimum absolute atomic E-state index is 0.0804. The lowest BCUT2D eigenvalue weighted by Crippen LogP contribution is -2.19. The number of carbonyl (C=O) groups is 1. The SMILES string of the molecule is O=C(Nc1ccnc(C(F)(F)F)c1)C12CC1(Oc1cccc(Br)c1)C2. The number of amides is 1. The van der Waals surface area contributed by atoms with Gasteiger partial charge in [0, 0.05) is 29.2 Å². The monoisotopic (exact) mass is 412 g/mol. The first-order chi connectivity index (χ1) is 11.7. The van der Waals surface area contributed by atoms with E-state index in [0.29, 0.717) is 18.6 Å². The molecule has 25 heavy (non-hydrogen) atoms. The van der Waals surface area contributed by atoms with Crippen molar-refractivity contribution in [1.82, 2.24) is 4.98 Å². The minimum atomic E-state index is -4.55. The number of aromatic nitrogens is 1. The molecule has 1 N–H and O–H groups in total. The van der Waals surface area contributed by atoms with Gasteiger partial charge in [-0.2, -0.15) is 13.2 Å². The maximum absolute atomic E-state index is 12.7. The number of alkyl halides is 3. The second-order valence-corrected chi connectivity index (χ2v) is 7.29. The van der Waals surface area contributed by atoms with Crippen molar-refractivity contribution >= 4 is 27.5 Å². The molecule has 2 saturated carbocycles. The molecule has 2 aromatic rings. The Hall–Kier alpha value is -2.09. The Kier molecular flexibility index (Phi) is 3.41. The van der Waals surface area contributed by atoms with Crippen LogP contribution in [0.1, 0.15) is 18.5 Å². The quantitative estimate of drug-likeness (QED) is 0.808. The lowest BCUT2D eigenvalue weighted by Gasteiger charge is -2.09. The van der Waals surface area contributed by atoms with E-state index in [9.17, 15) is 18.0 Å². The number of rotatable bonds is 4. The van der Waals surface area contributed by atoms with E-state index in [2.05, 4.69) is 26.2 Å². The van der Waals surface area contributed by atoms with E-state index < -0.39 is 22.9 Å². The van der Waals surface area contributed by atoms with E-state index in [1.54, 1.807) is 6.07 Å².